The Morgan fingerprint density at radius 2 is 2.10 bits per heavy atom. The van der Waals surface area contributed by atoms with Gasteiger partial charge in [0.15, 0.2) is 6.17 Å². The Balaban J connectivity index is 1.93. The molecule has 0 aliphatic carbocycles. The minimum atomic E-state index is -1.53. The van der Waals surface area contributed by atoms with E-state index in [2.05, 4.69) is 10.3 Å². The van der Waals surface area contributed by atoms with Crippen molar-refractivity contribution in [2.45, 2.75) is 30.9 Å². The number of nitrogens with zero attached hydrogens (tertiary/aromatic N) is 1. The Labute approximate surface area is 171 Å². The van der Waals surface area contributed by atoms with Crippen molar-refractivity contribution in [3.63, 3.8) is 0 Å². The van der Waals surface area contributed by atoms with Gasteiger partial charge in [0, 0.05) is 22.8 Å². The molecule has 3 N–H and O–H groups in total. The molecular weight excluding hydrogens is 374 g/mol. The largest absolute Gasteiger partial charge is 0.513 e. The molecule has 150 valence electrons. The lowest BCUT2D eigenvalue weighted by atomic mass is 9.52. The second-order valence-corrected chi connectivity index (χ2v) is 8.16. The van der Waals surface area contributed by atoms with Crippen molar-refractivity contribution in [2.24, 2.45) is 11.7 Å². The number of nitrogens with one attached hydrogen (secondary N) is 1. The molecule has 0 bridgehead atoms. The minimum absolute atomic E-state index is 0.0871. The van der Waals surface area contributed by atoms with E-state index in [1.54, 1.807) is 24.4 Å². The molecule has 1 fully saturated rings. The molecule has 29 heavy (non-hydrogen) atoms. The van der Waals surface area contributed by atoms with Gasteiger partial charge in [-0.25, -0.2) is 9.37 Å². The number of carbonyl (C=O) groups is 2. The summed E-state index contributed by atoms with van der Waals surface area (Å²) in [4.78, 5) is 27.8. The molecule has 1 aromatic carbocycles. The normalized spacial score (nSPS) is 21.7. The molecule has 1 saturated heterocycles. The number of halogens is 1. The van der Waals surface area contributed by atoms with Crippen LogP contribution in [0.2, 0.25) is 0 Å². The Morgan fingerprint density at radius 1 is 1.38 bits per heavy atom. The number of pyridine rings is 1. The Bertz CT molecular complexity index is 954. The number of fused-ring (bicyclic) bond motifs is 1. The van der Waals surface area contributed by atoms with Crippen LogP contribution in [0.1, 0.15) is 23.7 Å². The summed E-state index contributed by atoms with van der Waals surface area (Å²) < 4.78 is 25.8. The summed E-state index contributed by atoms with van der Waals surface area (Å²) in [5.41, 5.74) is 5.78. The number of primary amides is 1. The third-order valence-corrected chi connectivity index (χ3v) is 4.85. The van der Waals surface area contributed by atoms with E-state index < -0.39 is 35.2 Å². The fourth-order valence-corrected chi connectivity index (χ4v) is 3.49. The Kier molecular flexibility index (Phi) is 5.77. The molecular formula is C18H23B3FN3O4. The minimum Gasteiger partial charge on any atom is -0.513 e. The van der Waals surface area contributed by atoms with E-state index >= 15 is 0 Å². The average molecular weight is 397 g/mol. The number of alkyl halides is 1. The maximum absolute atomic E-state index is 14.0. The molecule has 3 rings (SSSR count). The van der Waals surface area contributed by atoms with E-state index in [0.717, 1.165) is 0 Å². The van der Waals surface area contributed by atoms with Crippen LogP contribution < -0.4 is 20.5 Å². The molecule has 1 aromatic heterocycles. The molecule has 0 radical (unpaired) electrons. The summed E-state index contributed by atoms with van der Waals surface area (Å²) in [6.07, 6.45) is 0.538. The number of hydrogen-bond donors (Lipinski definition) is 2. The predicted octanol–water partition coefficient (Wildman–Crippen LogP) is -1.54. The highest BCUT2D eigenvalue weighted by molar-refractivity contribution is 6.58. The van der Waals surface area contributed by atoms with Gasteiger partial charge in [0.1, 0.15) is 35.9 Å². The van der Waals surface area contributed by atoms with E-state index in [9.17, 15) is 14.0 Å². The van der Waals surface area contributed by atoms with Crippen molar-refractivity contribution < 1.29 is 23.5 Å². The SMILES string of the molecule is BC(B)(B)Oc1cc2c(OC[C@H]3NC(=O)[C@@H](F)[C@H]3CC)nccc2cc1C(N)=O. The first-order valence-corrected chi connectivity index (χ1v) is 9.59. The molecule has 7 nitrogen and oxygen atoms in total. The van der Waals surface area contributed by atoms with E-state index in [-0.39, 0.29) is 12.2 Å². The second kappa shape index (κ2) is 7.97. The van der Waals surface area contributed by atoms with Gasteiger partial charge in [-0.1, -0.05) is 6.92 Å². The maximum Gasteiger partial charge on any atom is 0.255 e. The highest BCUT2D eigenvalue weighted by atomic mass is 19.1. The van der Waals surface area contributed by atoms with Crippen LogP contribution in [0.15, 0.2) is 24.4 Å². The van der Waals surface area contributed by atoms with Crippen molar-refractivity contribution in [3.8, 4) is 11.6 Å². The molecule has 2 aromatic rings. The van der Waals surface area contributed by atoms with Crippen molar-refractivity contribution in [3.05, 3.63) is 30.0 Å². The summed E-state index contributed by atoms with van der Waals surface area (Å²) in [6, 6.07) is 4.61. The predicted molar refractivity (Wildman–Crippen MR) is 115 cm³/mol. The van der Waals surface area contributed by atoms with E-state index in [1.165, 1.54) is 0 Å². The molecule has 0 unspecified atom stereocenters. The van der Waals surface area contributed by atoms with Crippen molar-refractivity contribution in [1.82, 2.24) is 10.3 Å². The van der Waals surface area contributed by atoms with Gasteiger partial charge in [-0.2, -0.15) is 0 Å². The van der Waals surface area contributed by atoms with E-state index in [1.807, 2.05) is 30.5 Å². The molecule has 0 spiro atoms. The molecule has 3 atom stereocenters. The van der Waals surface area contributed by atoms with Crippen molar-refractivity contribution >= 4 is 46.1 Å². The zero-order chi connectivity index (χ0) is 21.3. The van der Waals surface area contributed by atoms with Gasteiger partial charge >= 0.3 is 0 Å². The standard InChI is InChI=1S/C18H23B3FN3O4/c1-2-9-12(25-16(27)14(9)22)7-28-17-10-6-13(29-18(19,20)21)11(15(23)26)5-8(10)3-4-24-17/h3-6,9,12,14H,2,7,19-21H2,1H3,(H2,23,26)(H,25,27)/t9-,12+,14-/m0/s1. The Morgan fingerprint density at radius 3 is 2.72 bits per heavy atom. The van der Waals surface area contributed by atoms with Gasteiger partial charge in [-0.05, 0) is 30.0 Å². The Hall–Kier alpha value is -2.71. The smallest absolute Gasteiger partial charge is 0.255 e. The third kappa shape index (κ3) is 4.49. The lowest BCUT2D eigenvalue weighted by molar-refractivity contribution is -0.123. The fraction of sp³-hybridized carbons (Fsp3) is 0.389. The number of aromatic nitrogens is 1. The van der Waals surface area contributed by atoms with Crippen LogP contribution in [0.4, 0.5) is 4.39 Å². The summed E-state index contributed by atoms with van der Waals surface area (Å²) in [6.45, 7) is 1.92. The number of amides is 2. The highest BCUT2D eigenvalue weighted by Crippen LogP contribution is 2.32. The first-order valence-electron chi connectivity index (χ1n) is 9.59. The van der Waals surface area contributed by atoms with Crippen LogP contribution in [0, 0.1) is 5.92 Å². The number of rotatable bonds is 7. The van der Waals surface area contributed by atoms with Crippen molar-refractivity contribution in [1.29, 1.82) is 0 Å². The average Bonchev–Trinajstić information content (AvgIpc) is 2.91. The summed E-state index contributed by atoms with van der Waals surface area (Å²) in [5, 5.41) is 3.43. The van der Waals surface area contributed by atoms with E-state index in [0.29, 0.717) is 28.8 Å². The maximum atomic E-state index is 14.0. The van der Waals surface area contributed by atoms with Crippen LogP contribution in [0.5, 0.6) is 11.6 Å². The quantitative estimate of drug-likeness (QED) is 0.552. The van der Waals surface area contributed by atoms with Gasteiger partial charge in [0.25, 0.3) is 11.8 Å². The zero-order valence-electron chi connectivity index (χ0n) is 17.0. The van der Waals surface area contributed by atoms with Gasteiger partial charge < -0.3 is 20.5 Å². The molecule has 2 heterocycles. The molecule has 11 heteroatoms. The van der Waals surface area contributed by atoms with Crippen LogP contribution in [0.3, 0.4) is 0 Å². The fourth-order valence-electron chi connectivity index (χ4n) is 3.49. The first-order chi connectivity index (χ1) is 13.6. The summed E-state index contributed by atoms with van der Waals surface area (Å²) in [7, 11) is 5.59. The molecule has 1 aliphatic heterocycles. The second-order valence-electron chi connectivity index (χ2n) is 8.16. The molecule has 1 aliphatic rings. The van der Waals surface area contributed by atoms with Crippen molar-refractivity contribution in [2.75, 3.05) is 6.61 Å². The van der Waals surface area contributed by atoms with Gasteiger partial charge in [-0.3, -0.25) is 9.59 Å². The number of hydrogen-bond acceptors (Lipinski definition) is 5. The number of nitrogens with two attached hydrogens (primary N) is 1. The highest BCUT2D eigenvalue weighted by Gasteiger charge is 2.41. The number of ether oxygens (including phenoxy) is 2. The zero-order valence-corrected chi connectivity index (χ0v) is 17.0. The van der Waals surface area contributed by atoms with Crippen LogP contribution in [0.25, 0.3) is 10.8 Å². The lowest BCUT2D eigenvalue weighted by Crippen LogP contribution is -2.38. The summed E-state index contributed by atoms with van der Waals surface area (Å²) in [5.74, 6) is -1.01. The molecule has 0 saturated carbocycles. The van der Waals surface area contributed by atoms with Gasteiger partial charge in [0.05, 0.1) is 11.6 Å². The lowest BCUT2D eigenvalue weighted by Gasteiger charge is -2.24. The molecule has 2 amide bonds. The van der Waals surface area contributed by atoms with Crippen LogP contribution in [-0.4, -0.2) is 64.5 Å². The van der Waals surface area contributed by atoms with E-state index in [4.69, 9.17) is 15.2 Å². The van der Waals surface area contributed by atoms with Gasteiger partial charge in [0.2, 0.25) is 5.88 Å². The monoisotopic (exact) mass is 397 g/mol. The van der Waals surface area contributed by atoms with Gasteiger partial charge in [-0.15, -0.1) is 0 Å². The number of carbonyl (C=O) groups excluding carboxylic acids is 2. The first kappa shape index (κ1) is 21.0. The van der Waals surface area contributed by atoms with Crippen LogP contribution >= 0.6 is 0 Å². The number of benzene rings is 1. The summed E-state index contributed by atoms with van der Waals surface area (Å²) >= 11 is 0. The van der Waals surface area contributed by atoms with Crippen LogP contribution in [-0.2, 0) is 4.79 Å². The topological polar surface area (TPSA) is 104 Å². The third-order valence-electron chi connectivity index (χ3n) is 4.85.